The SMILES string of the molecule is c1ccc(-c2ccc(-c3nc(-c4ccccc4)nc(-c4cccc5c4oc4ccccc45)n3)c(-n3c4ccccc4c4cc(-c5ccccc5)ccc43)c2)cc1. The average Bonchev–Trinajstić information content (AvgIpc) is 3.82. The second-order valence-electron chi connectivity index (χ2n) is 14.0. The summed E-state index contributed by atoms with van der Waals surface area (Å²) in [6, 6.07) is 67.5. The molecule has 0 fully saturated rings. The molecular weight excluding hydrogens is 685 g/mol. The second-order valence-corrected chi connectivity index (χ2v) is 14.0. The van der Waals surface area contributed by atoms with E-state index in [-0.39, 0.29) is 0 Å². The maximum Gasteiger partial charge on any atom is 0.167 e. The number of benzene rings is 8. The molecule has 0 bridgehead atoms. The summed E-state index contributed by atoms with van der Waals surface area (Å²) in [5.41, 5.74) is 11.9. The normalized spacial score (nSPS) is 11.6. The second kappa shape index (κ2) is 13.0. The molecule has 0 saturated heterocycles. The highest BCUT2D eigenvalue weighted by molar-refractivity contribution is 6.11. The lowest BCUT2D eigenvalue weighted by Gasteiger charge is -2.16. The third kappa shape index (κ3) is 5.29. The van der Waals surface area contributed by atoms with Crippen LogP contribution in [0.2, 0.25) is 0 Å². The fourth-order valence-corrected chi connectivity index (χ4v) is 8.01. The quantitative estimate of drug-likeness (QED) is 0.172. The molecule has 0 amide bonds. The van der Waals surface area contributed by atoms with Crippen LogP contribution in [0.5, 0.6) is 0 Å². The number of nitrogens with zero attached hydrogens (tertiary/aromatic N) is 4. The van der Waals surface area contributed by atoms with Crippen LogP contribution in [0.25, 0.3) is 106 Å². The molecule has 0 spiro atoms. The first-order chi connectivity index (χ1) is 27.8. The summed E-state index contributed by atoms with van der Waals surface area (Å²) in [5.74, 6) is 1.71. The first-order valence-corrected chi connectivity index (χ1v) is 18.8. The Kier molecular flexibility index (Phi) is 7.42. The molecule has 0 N–H and O–H groups in total. The minimum Gasteiger partial charge on any atom is -0.455 e. The molecule has 0 aliphatic rings. The van der Waals surface area contributed by atoms with Crippen molar-refractivity contribution in [2.45, 2.75) is 0 Å². The highest BCUT2D eigenvalue weighted by Crippen LogP contribution is 2.41. The Bertz CT molecular complexity index is 3240. The zero-order valence-electron chi connectivity index (χ0n) is 30.2. The molecule has 5 nitrogen and oxygen atoms in total. The van der Waals surface area contributed by atoms with Gasteiger partial charge in [0.05, 0.1) is 22.3 Å². The lowest BCUT2D eigenvalue weighted by molar-refractivity contribution is 0.669. The molecule has 0 aliphatic heterocycles. The molecule has 56 heavy (non-hydrogen) atoms. The van der Waals surface area contributed by atoms with E-state index >= 15 is 0 Å². The summed E-state index contributed by atoms with van der Waals surface area (Å²) in [5, 5.41) is 4.43. The third-order valence-corrected chi connectivity index (χ3v) is 10.7. The Morgan fingerprint density at radius 3 is 1.64 bits per heavy atom. The van der Waals surface area contributed by atoms with Gasteiger partial charge in [-0.25, -0.2) is 15.0 Å². The minimum atomic E-state index is 0.548. The van der Waals surface area contributed by atoms with E-state index in [1.165, 1.54) is 21.9 Å². The Morgan fingerprint density at radius 2 is 0.893 bits per heavy atom. The first kappa shape index (κ1) is 31.9. The fraction of sp³-hybridized carbons (Fsp3) is 0. The van der Waals surface area contributed by atoms with E-state index in [4.69, 9.17) is 19.4 Å². The van der Waals surface area contributed by atoms with Crippen LogP contribution < -0.4 is 0 Å². The topological polar surface area (TPSA) is 56.7 Å². The molecule has 0 unspecified atom stereocenters. The molecule has 0 aliphatic carbocycles. The Balaban J connectivity index is 1.20. The minimum absolute atomic E-state index is 0.548. The number of para-hydroxylation sites is 3. The van der Waals surface area contributed by atoms with Crippen molar-refractivity contribution in [1.82, 2.24) is 19.5 Å². The Labute approximate surface area is 322 Å². The van der Waals surface area contributed by atoms with Gasteiger partial charge in [-0.15, -0.1) is 0 Å². The zero-order chi connectivity index (χ0) is 37.0. The Hall–Kier alpha value is -7.63. The molecule has 3 aromatic heterocycles. The van der Waals surface area contributed by atoms with Gasteiger partial charge in [0, 0.05) is 32.7 Å². The number of hydrogen-bond acceptors (Lipinski definition) is 4. The highest BCUT2D eigenvalue weighted by atomic mass is 16.3. The molecule has 0 radical (unpaired) electrons. The van der Waals surface area contributed by atoms with Crippen molar-refractivity contribution >= 4 is 43.7 Å². The number of furan rings is 1. The van der Waals surface area contributed by atoms with Gasteiger partial charge in [-0.3, -0.25) is 0 Å². The van der Waals surface area contributed by atoms with Gasteiger partial charge >= 0.3 is 0 Å². The van der Waals surface area contributed by atoms with Gasteiger partial charge < -0.3 is 8.98 Å². The van der Waals surface area contributed by atoms with Crippen LogP contribution in [0.1, 0.15) is 0 Å². The van der Waals surface area contributed by atoms with Gasteiger partial charge in [-0.1, -0.05) is 152 Å². The van der Waals surface area contributed by atoms with Crippen LogP contribution in [0, 0.1) is 0 Å². The van der Waals surface area contributed by atoms with Gasteiger partial charge in [0.15, 0.2) is 17.5 Å². The van der Waals surface area contributed by atoms with Gasteiger partial charge in [0.25, 0.3) is 0 Å². The van der Waals surface area contributed by atoms with Gasteiger partial charge in [-0.2, -0.15) is 0 Å². The number of rotatable bonds is 6. The van der Waals surface area contributed by atoms with Crippen molar-refractivity contribution < 1.29 is 4.42 Å². The first-order valence-electron chi connectivity index (χ1n) is 18.8. The summed E-state index contributed by atoms with van der Waals surface area (Å²) in [6.45, 7) is 0. The zero-order valence-corrected chi connectivity index (χ0v) is 30.2. The predicted octanol–water partition coefficient (Wildman–Crippen LogP) is 13.2. The van der Waals surface area contributed by atoms with Crippen LogP contribution in [-0.4, -0.2) is 19.5 Å². The molecule has 5 heteroatoms. The van der Waals surface area contributed by atoms with E-state index in [1.54, 1.807) is 0 Å². The van der Waals surface area contributed by atoms with E-state index in [0.29, 0.717) is 17.5 Å². The average molecular weight is 717 g/mol. The molecule has 0 atom stereocenters. The van der Waals surface area contributed by atoms with Gasteiger partial charge in [-0.05, 0) is 64.7 Å². The van der Waals surface area contributed by atoms with Crippen LogP contribution in [0.3, 0.4) is 0 Å². The van der Waals surface area contributed by atoms with Crippen molar-refractivity contribution in [1.29, 1.82) is 0 Å². The number of hydrogen-bond donors (Lipinski definition) is 0. The monoisotopic (exact) mass is 716 g/mol. The van der Waals surface area contributed by atoms with E-state index in [2.05, 4.69) is 138 Å². The highest BCUT2D eigenvalue weighted by Gasteiger charge is 2.22. The summed E-state index contributed by atoms with van der Waals surface area (Å²) in [7, 11) is 0. The maximum atomic E-state index is 6.51. The van der Waals surface area contributed by atoms with E-state index in [1.807, 2.05) is 60.7 Å². The van der Waals surface area contributed by atoms with Gasteiger partial charge in [0.2, 0.25) is 0 Å². The molecule has 262 valence electrons. The van der Waals surface area contributed by atoms with E-state index in [0.717, 1.165) is 66.5 Å². The predicted molar refractivity (Wildman–Crippen MR) is 229 cm³/mol. The molecule has 11 rings (SSSR count). The summed E-state index contributed by atoms with van der Waals surface area (Å²) >= 11 is 0. The van der Waals surface area contributed by atoms with E-state index in [9.17, 15) is 0 Å². The number of aromatic nitrogens is 4. The van der Waals surface area contributed by atoms with Crippen molar-refractivity contribution in [3.8, 4) is 62.1 Å². The summed E-state index contributed by atoms with van der Waals surface area (Å²) < 4.78 is 8.88. The third-order valence-electron chi connectivity index (χ3n) is 10.7. The molecule has 8 aromatic carbocycles. The maximum absolute atomic E-state index is 6.51. The van der Waals surface area contributed by atoms with Crippen molar-refractivity contribution in [3.05, 3.63) is 194 Å². The van der Waals surface area contributed by atoms with Crippen molar-refractivity contribution in [2.75, 3.05) is 0 Å². The van der Waals surface area contributed by atoms with Crippen LogP contribution in [0.4, 0.5) is 0 Å². The molecule has 0 saturated carbocycles. The molecular formula is C51H32N4O. The smallest absolute Gasteiger partial charge is 0.167 e. The summed E-state index contributed by atoms with van der Waals surface area (Å²) in [6.07, 6.45) is 0. The lowest BCUT2D eigenvalue weighted by atomic mass is 10.0. The Morgan fingerprint density at radius 1 is 0.339 bits per heavy atom. The lowest BCUT2D eigenvalue weighted by Crippen LogP contribution is -2.04. The largest absolute Gasteiger partial charge is 0.455 e. The van der Waals surface area contributed by atoms with Crippen LogP contribution in [0.15, 0.2) is 199 Å². The van der Waals surface area contributed by atoms with Crippen LogP contribution >= 0.6 is 0 Å². The molecule has 11 aromatic rings. The number of fused-ring (bicyclic) bond motifs is 6. The van der Waals surface area contributed by atoms with E-state index < -0.39 is 0 Å². The molecule has 3 heterocycles. The summed E-state index contributed by atoms with van der Waals surface area (Å²) in [4.78, 5) is 15.7. The fourth-order valence-electron chi connectivity index (χ4n) is 8.01. The van der Waals surface area contributed by atoms with Crippen molar-refractivity contribution in [3.63, 3.8) is 0 Å². The van der Waals surface area contributed by atoms with Crippen LogP contribution in [-0.2, 0) is 0 Å². The van der Waals surface area contributed by atoms with Gasteiger partial charge in [0.1, 0.15) is 11.2 Å². The standard InChI is InChI=1S/C51H32N4O/c1-4-15-33(16-5-1)36-28-30-45-43(31-36)38-21-10-12-25-44(38)55(45)46-32-37(34-17-6-2-7-18-34)27-29-41(46)50-52-49(35-19-8-3-9-20-35)53-51(54-50)42-24-14-23-40-39-22-11-13-26-47(39)56-48(40)42/h1-32H. The van der Waals surface area contributed by atoms with Crippen molar-refractivity contribution in [2.24, 2.45) is 0 Å².